The Hall–Kier alpha value is -2.21. The van der Waals surface area contributed by atoms with E-state index in [1.165, 1.54) is 10.9 Å². The van der Waals surface area contributed by atoms with Gasteiger partial charge in [0.2, 0.25) is 5.91 Å². The Bertz CT molecular complexity index is 784. The fourth-order valence-corrected chi connectivity index (χ4v) is 3.27. The van der Waals surface area contributed by atoms with Crippen molar-refractivity contribution >= 4 is 16.8 Å². The van der Waals surface area contributed by atoms with Crippen LogP contribution < -0.4 is 5.56 Å². The summed E-state index contributed by atoms with van der Waals surface area (Å²) in [6.07, 6.45) is 3.25. The first-order valence-electron chi connectivity index (χ1n) is 8.46. The van der Waals surface area contributed by atoms with Gasteiger partial charge >= 0.3 is 0 Å². The van der Waals surface area contributed by atoms with E-state index in [1.54, 1.807) is 24.0 Å². The number of hydrogen-bond acceptors (Lipinski definition) is 4. The first kappa shape index (κ1) is 16.6. The van der Waals surface area contributed by atoms with Gasteiger partial charge in [0.25, 0.3) is 5.56 Å². The molecule has 1 fully saturated rings. The third kappa shape index (κ3) is 3.48. The fraction of sp³-hybridized carbons (Fsp3) is 0.500. The van der Waals surface area contributed by atoms with E-state index in [1.807, 2.05) is 12.1 Å². The van der Waals surface area contributed by atoms with E-state index in [2.05, 4.69) is 4.98 Å². The molecule has 3 rings (SSSR count). The van der Waals surface area contributed by atoms with Crippen molar-refractivity contribution < 1.29 is 9.90 Å². The van der Waals surface area contributed by atoms with Crippen LogP contribution in [0.4, 0.5) is 0 Å². The van der Waals surface area contributed by atoms with Gasteiger partial charge in [-0.1, -0.05) is 12.1 Å². The molecular formula is C18H23N3O3. The van der Waals surface area contributed by atoms with Crippen LogP contribution in [-0.4, -0.2) is 44.7 Å². The average Bonchev–Trinajstić information content (AvgIpc) is 2.61. The number of aryl methyl sites for hydroxylation is 1. The SMILES string of the molecule is CC(O)C1CCCN(C(=O)CCn2cnc3ccccc3c2=O)C1. The predicted molar refractivity (Wildman–Crippen MR) is 91.6 cm³/mol. The fourth-order valence-electron chi connectivity index (χ4n) is 3.27. The van der Waals surface area contributed by atoms with Crippen LogP contribution in [0.15, 0.2) is 35.4 Å². The average molecular weight is 329 g/mol. The molecule has 1 aliphatic heterocycles. The molecule has 6 nitrogen and oxygen atoms in total. The second kappa shape index (κ2) is 7.13. The van der Waals surface area contributed by atoms with Crippen molar-refractivity contribution in [1.29, 1.82) is 0 Å². The zero-order chi connectivity index (χ0) is 17.1. The number of aromatic nitrogens is 2. The van der Waals surface area contributed by atoms with Gasteiger partial charge in [-0.25, -0.2) is 4.98 Å². The zero-order valence-electron chi connectivity index (χ0n) is 13.9. The number of likely N-dealkylation sites (tertiary alicyclic amines) is 1. The second-order valence-electron chi connectivity index (χ2n) is 6.49. The molecule has 2 unspecified atom stereocenters. The molecule has 1 aliphatic rings. The van der Waals surface area contributed by atoms with E-state index >= 15 is 0 Å². The Morgan fingerprint density at radius 1 is 1.42 bits per heavy atom. The summed E-state index contributed by atoms with van der Waals surface area (Å²) >= 11 is 0. The Morgan fingerprint density at radius 2 is 2.21 bits per heavy atom. The van der Waals surface area contributed by atoms with E-state index in [-0.39, 0.29) is 23.8 Å². The number of benzene rings is 1. The highest BCUT2D eigenvalue weighted by molar-refractivity contribution is 5.77. The molecular weight excluding hydrogens is 306 g/mol. The van der Waals surface area contributed by atoms with Crippen LogP contribution in [0.2, 0.25) is 0 Å². The molecule has 1 aromatic heterocycles. The van der Waals surface area contributed by atoms with Crippen LogP contribution in [-0.2, 0) is 11.3 Å². The number of para-hydroxylation sites is 1. The maximum atomic E-state index is 12.4. The lowest BCUT2D eigenvalue weighted by molar-refractivity contribution is -0.134. The first-order valence-corrected chi connectivity index (χ1v) is 8.46. The molecule has 1 saturated heterocycles. The minimum Gasteiger partial charge on any atom is -0.393 e. The maximum Gasteiger partial charge on any atom is 0.261 e. The van der Waals surface area contributed by atoms with E-state index in [0.29, 0.717) is 24.0 Å². The van der Waals surface area contributed by atoms with Gasteiger partial charge in [0.05, 0.1) is 23.3 Å². The molecule has 2 atom stereocenters. The van der Waals surface area contributed by atoms with Gasteiger partial charge in [-0.05, 0) is 31.9 Å². The molecule has 1 aromatic carbocycles. The maximum absolute atomic E-state index is 12.4. The number of amides is 1. The highest BCUT2D eigenvalue weighted by Gasteiger charge is 2.26. The monoisotopic (exact) mass is 329 g/mol. The number of carbonyl (C=O) groups is 1. The standard InChI is InChI=1S/C18H23N3O3/c1-13(22)14-5-4-9-20(11-14)17(23)8-10-21-12-19-16-7-3-2-6-15(16)18(21)24/h2-3,6-7,12-14,22H,4-5,8-11H2,1H3. The van der Waals surface area contributed by atoms with Gasteiger partial charge < -0.3 is 10.0 Å². The molecule has 0 saturated carbocycles. The number of hydrogen-bond donors (Lipinski definition) is 1. The summed E-state index contributed by atoms with van der Waals surface area (Å²) in [4.78, 5) is 30.9. The van der Waals surface area contributed by atoms with Crippen molar-refractivity contribution in [3.8, 4) is 0 Å². The van der Waals surface area contributed by atoms with E-state index in [4.69, 9.17) is 0 Å². The Kier molecular flexibility index (Phi) is 4.94. The highest BCUT2D eigenvalue weighted by atomic mass is 16.3. The third-order valence-electron chi connectivity index (χ3n) is 4.79. The molecule has 6 heteroatoms. The summed E-state index contributed by atoms with van der Waals surface area (Å²) in [5.41, 5.74) is 0.551. The minimum atomic E-state index is -0.395. The van der Waals surface area contributed by atoms with Crippen LogP contribution in [0.1, 0.15) is 26.2 Å². The summed E-state index contributed by atoms with van der Waals surface area (Å²) < 4.78 is 1.50. The van der Waals surface area contributed by atoms with Crippen LogP contribution >= 0.6 is 0 Å². The van der Waals surface area contributed by atoms with Crippen molar-refractivity contribution in [3.63, 3.8) is 0 Å². The highest BCUT2D eigenvalue weighted by Crippen LogP contribution is 2.20. The quantitative estimate of drug-likeness (QED) is 0.920. The van der Waals surface area contributed by atoms with Crippen LogP contribution in [0.3, 0.4) is 0 Å². The van der Waals surface area contributed by atoms with Crippen LogP contribution in [0, 0.1) is 5.92 Å². The van der Waals surface area contributed by atoms with Crippen molar-refractivity contribution in [2.75, 3.05) is 13.1 Å². The Balaban J connectivity index is 1.66. The number of rotatable bonds is 4. The van der Waals surface area contributed by atoms with E-state index in [0.717, 1.165) is 19.4 Å². The molecule has 0 aliphatic carbocycles. The number of nitrogens with zero attached hydrogens (tertiary/aromatic N) is 3. The third-order valence-corrected chi connectivity index (χ3v) is 4.79. The Morgan fingerprint density at radius 3 is 3.00 bits per heavy atom. The summed E-state index contributed by atoms with van der Waals surface area (Å²) in [5, 5.41) is 10.3. The summed E-state index contributed by atoms with van der Waals surface area (Å²) in [5.74, 6) is 0.174. The van der Waals surface area contributed by atoms with Crippen molar-refractivity contribution in [2.45, 2.75) is 38.8 Å². The molecule has 0 bridgehead atoms. The summed E-state index contributed by atoms with van der Waals surface area (Å²) in [7, 11) is 0. The van der Waals surface area contributed by atoms with Crippen LogP contribution in [0.25, 0.3) is 10.9 Å². The molecule has 0 radical (unpaired) electrons. The van der Waals surface area contributed by atoms with E-state index < -0.39 is 6.10 Å². The first-order chi connectivity index (χ1) is 11.6. The number of fused-ring (bicyclic) bond motifs is 1. The van der Waals surface area contributed by atoms with Gasteiger partial charge in [-0.3, -0.25) is 14.2 Å². The molecule has 2 aromatic rings. The molecule has 2 heterocycles. The lowest BCUT2D eigenvalue weighted by Crippen LogP contribution is -2.43. The molecule has 1 amide bonds. The topological polar surface area (TPSA) is 75.4 Å². The normalized spacial score (nSPS) is 19.4. The molecule has 0 spiro atoms. The molecule has 128 valence electrons. The van der Waals surface area contributed by atoms with Gasteiger partial charge in [-0.15, -0.1) is 0 Å². The number of aliphatic hydroxyl groups excluding tert-OH is 1. The second-order valence-corrected chi connectivity index (χ2v) is 6.49. The smallest absolute Gasteiger partial charge is 0.261 e. The van der Waals surface area contributed by atoms with Gasteiger partial charge in [0.15, 0.2) is 0 Å². The lowest BCUT2D eigenvalue weighted by atomic mass is 9.93. The molecule has 1 N–H and O–H groups in total. The van der Waals surface area contributed by atoms with Crippen LogP contribution in [0.5, 0.6) is 0 Å². The van der Waals surface area contributed by atoms with Gasteiger partial charge in [-0.2, -0.15) is 0 Å². The minimum absolute atomic E-state index is 0.0282. The van der Waals surface area contributed by atoms with E-state index in [9.17, 15) is 14.7 Å². The Labute approximate surface area is 140 Å². The van der Waals surface area contributed by atoms with Crippen molar-refractivity contribution in [2.24, 2.45) is 5.92 Å². The number of carbonyl (C=O) groups excluding carboxylic acids is 1. The van der Waals surface area contributed by atoms with Gasteiger partial charge in [0.1, 0.15) is 0 Å². The summed E-state index contributed by atoms with van der Waals surface area (Å²) in [6, 6.07) is 7.21. The molecule has 24 heavy (non-hydrogen) atoms. The largest absolute Gasteiger partial charge is 0.393 e. The summed E-state index contributed by atoms with van der Waals surface area (Å²) in [6.45, 7) is 3.43. The predicted octanol–water partition coefficient (Wildman–Crippen LogP) is 1.41. The number of piperidine rings is 1. The van der Waals surface area contributed by atoms with Crippen molar-refractivity contribution in [1.82, 2.24) is 14.5 Å². The number of aliphatic hydroxyl groups is 1. The lowest BCUT2D eigenvalue weighted by Gasteiger charge is -2.34. The van der Waals surface area contributed by atoms with Crippen molar-refractivity contribution in [3.05, 3.63) is 40.9 Å². The zero-order valence-corrected chi connectivity index (χ0v) is 13.9. The van der Waals surface area contributed by atoms with Gasteiger partial charge in [0, 0.05) is 32.0 Å².